The van der Waals surface area contributed by atoms with Crippen molar-refractivity contribution in [1.29, 1.82) is 0 Å². The Balaban J connectivity index is 1.43. The number of benzene rings is 1. The van der Waals surface area contributed by atoms with E-state index in [0.717, 1.165) is 24.2 Å². The maximum absolute atomic E-state index is 12.1. The van der Waals surface area contributed by atoms with Crippen LogP contribution in [-0.2, 0) is 14.6 Å². The minimum atomic E-state index is -2.95. The summed E-state index contributed by atoms with van der Waals surface area (Å²) in [6.07, 6.45) is 3.06. The highest BCUT2D eigenvalue weighted by molar-refractivity contribution is 7.91. The van der Waals surface area contributed by atoms with Crippen LogP contribution in [0.25, 0.3) is 11.1 Å². The number of fused-ring (bicyclic) bond motifs is 1. The first-order valence-electron chi connectivity index (χ1n) is 7.89. The first-order valence-corrected chi connectivity index (χ1v) is 9.71. The summed E-state index contributed by atoms with van der Waals surface area (Å²) < 4.78 is 28.6. The van der Waals surface area contributed by atoms with Gasteiger partial charge in [0.1, 0.15) is 5.52 Å². The topological polar surface area (TPSA) is 89.3 Å². The second kappa shape index (κ2) is 5.33. The van der Waals surface area contributed by atoms with Crippen molar-refractivity contribution in [2.75, 3.05) is 16.8 Å². The lowest BCUT2D eigenvalue weighted by atomic mass is 10.1. The van der Waals surface area contributed by atoms with Crippen molar-refractivity contribution in [3.8, 4) is 0 Å². The Labute approximate surface area is 134 Å². The smallest absolute Gasteiger partial charge is 0.224 e. The molecule has 6 nitrogen and oxygen atoms in total. The predicted molar refractivity (Wildman–Crippen MR) is 86.0 cm³/mol. The third-order valence-electron chi connectivity index (χ3n) is 4.42. The zero-order valence-corrected chi connectivity index (χ0v) is 13.4. The summed E-state index contributed by atoms with van der Waals surface area (Å²) in [6, 6.07) is 5.41. The van der Waals surface area contributed by atoms with Crippen molar-refractivity contribution in [2.45, 2.75) is 31.6 Å². The number of oxazole rings is 1. The monoisotopic (exact) mass is 334 g/mol. The van der Waals surface area contributed by atoms with Crippen molar-refractivity contribution >= 4 is 32.5 Å². The highest BCUT2D eigenvalue weighted by Gasteiger charge is 2.30. The van der Waals surface area contributed by atoms with Crippen molar-refractivity contribution in [3.05, 3.63) is 24.1 Å². The van der Waals surface area contributed by atoms with Gasteiger partial charge in [-0.25, -0.2) is 13.4 Å². The number of anilines is 1. The van der Waals surface area contributed by atoms with Gasteiger partial charge >= 0.3 is 0 Å². The zero-order valence-electron chi connectivity index (χ0n) is 12.6. The molecule has 122 valence electrons. The van der Waals surface area contributed by atoms with Gasteiger partial charge in [-0.15, -0.1) is 0 Å². The van der Waals surface area contributed by atoms with E-state index in [2.05, 4.69) is 10.3 Å². The molecule has 0 radical (unpaired) electrons. The SMILES string of the molecule is O=C(C[C@@H]1CCS(=O)(=O)C1)Nc1ccc2nc(C3CC3)oc2c1. The standard InChI is InChI=1S/C16H18N2O4S/c19-15(7-10-5-6-23(20,21)9-10)17-12-3-4-13-14(8-12)22-16(18-13)11-1-2-11/h3-4,8,10-11H,1-2,5-7,9H2,(H,17,19)/t10-/m0/s1. The van der Waals surface area contributed by atoms with Gasteiger partial charge in [0.2, 0.25) is 5.91 Å². The molecule has 2 aliphatic rings. The largest absolute Gasteiger partial charge is 0.440 e. The molecule has 7 heteroatoms. The Morgan fingerprint density at radius 2 is 2.13 bits per heavy atom. The average molecular weight is 334 g/mol. The van der Waals surface area contributed by atoms with E-state index in [0.29, 0.717) is 23.6 Å². The maximum Gasteiger partial charge on any atom is 0.224 e. The molecule has 0 spiro atoms. The molecule has 1 aliphatic carbocycles. The molecule has 1 aliphatic heterocycles. The average Bonchev–Trinajstić information content (AvgIpc) is 3.16. The van der Waals surface area contributed by atoms with E-state index in [4.69, 9.17) is 4.42 Å². The fourth-order valence-corrected chi connectivity index (χ4v) is 4.89. The van der Waals surface area contributed by atoms with E-state index in [1.54, 1.807) is 12.1 Å². The number of carbonyl (C=O) groups excluding carboxylic acids is 1. The molecule has 1 amide bonds. The highest BCUT2D eigenvalue weighted by atomic mass is 32.2. The summed E-state index contributed by atoms with van der Waals surface area (Å²) in [5.74, 6) is 1.30. The minimum absolute atomic E-state index is 0.0736. The molecule has 1 aromatic carbocycles. The summed E-state index contributed by atoms with van der Waals surface area (Å²) in [5, 5.41) is 2.82. The van der Waals surface area contributed by atoms with Crippen molar-refractivity contribution in [2.24, 2.45) is 5.92 Å². The minimum Gasteiger partial charge on any atom is -0.440 e. The molecule has 1 N–H and O–H groups in total. The van der Waals surface area contributed by atoms with Crippen LogP contribution in [-0.4, -0.2) is 30.8 Å². The Hall–Kier alpha value is -1.89. The first kappa shape index (κ1) is 14.7. The van der Waals surface area contributed by atoms with Gasteiger partial charge in [0.05, 0.1) is 11.5 Å². The van der Waals surface area contributed by atoms with Crippen molar-refractivity contribution in [3.63, 3.8) is 0 Å². The van der Waals surface area contributed by atoms with E-state index in [1.807, 2.05) is 6.07 Å². The van der Waals surface area contributed by atoms with Crippen LogP contribution >= 0.6 is 0 Å². The number of aromatic nitrogens is 1. The molecule has 4 rings (SSSR count). The summed E-state index contributed by atoms with van der Waals surface area (Å²) in [6.45, 7) is 0. The summed E-state index contributed by atoms with van der Waals surface area (Å²) in [5.41, 5.74) is 2.13. The second-order valence-corrected chi connectivity index (χ2v) is 8.76. The van der Waals surface area contributed by atoms with Crippen LogP contribution in [0.15, 0.2) is 22.6 Å². The van der Waals surface area contributed by atoms with E-state index in [-0.39, 0.29) is 29.8 Å². The van der Waals surface area contributed by atoms with Crippen LogP contribution < -0.4 is 5.32 Å². The number of hydrogen-bond donors (Lipinski definition) is 1. The molecule has 2 aromatic rings. The number of nitrogens with one attached hydrogen (secondary N) is 1. The Bertz CT molecular complexity index is 867. The fraction of sp³-hybridized carbons (Fsp3) is 0.500. The van der Waals surface area contributed by atoms with Crippen LogP contribution in [0.1, 0.15) is 37.5 Å². The lowest BCUT2D eigenvalue weighted by molar-refractivity contribution is -0.116. The Morgan fingerprint density at radius 3 is 2.83 bits per heavy atom. The maximum atomic E-state index is 12.1. The number of nitrogens with zero attached hydrogens (tertiary/aromatic N) is 1. The zero-order chi connectivity index (χ0) is 16.0. The number of rotatable bonds is 4. The molecule has 2 fully saturated rings. The van der Waals surface area contributed by atoms with Crippen molar-refractivity contribution < 1.29 is 17.6 Å². The molecule has 1 saturated heterocycles. The molecular weight excluding hydrogens is 316 g/mol. The third-order valence-corrected chi connectivity index (χ3v) is 6.25. The van der Waals surface area contributed by atoms with Gasteiger partial charge in [0.25, 0.3) is 0 Å². The molecule has 1 atom stereocenters. The normalized spacial score (nSPS) is 23.2. The number of carbonyl (C=O) groups is 1. The highest BCUT2D eigenvalue weighted by Crippen LogP contribution is 2.40. The lowest BCUT2D eigenvalue weighted by Crippen LogP contribution is -2.17. The van der Waals surface area contributed by atoms with Crippen LogP contribution in [0.3, 0.4) is 0 Å². The van der Waals surface area contributed by atoms with Crippen LogP contribution in [0.2, 0.25) is 0 Å². The van der Waals surface area contributed by atoms with Gasteiger partial charge < -0.3 is 9.73 Å². The first-order chi connectivity index (χ1) is 11.0. The van der Waals surface area contributed by atoms with E-state index in [1.165, 1.54) is 0 Å². The molecule has 2 heterocycles. The molecule has 1 aromatic heterocycles. The van der Waals surface area contributed by atoms with E-state index < -0.39 is 9.84 Å². The summed E-state index contributed by atoms with van der Waals surface area (Å²) >= 11 is 0. The van der Waals surface area contributed by atoms with Crippen LogP contribution in [0.4, 0.5) is 5.69 Å². The number of amides is 1. The third kappa shape index (κ3) is 3.24. The van der Waals surface area contributed by atoms with E-state index in [9.17, 15) is 13.2 Å². The van der Waals surface area contributed by atoms with Gasteiger partial charge in [-0.3, -0.25) is 4.79 Å². The van der Waals surface area contributed by atoms with Crippen molar-refractivity contribution in [1.82, 2.24) is 4.98 Å². The number of hydrogen-bond acceptors (Lipinski definition) is 5. The van der Waals surface area contributed by atoms with Gasteiger partial charge in [-0.05, 0) is 37.3 Å². The predicted octanol–water partition coefficient (Wildman–Crippen LogP) is 2.47. The Morgan fingerprint density at radius 1 is 1.30 bits per heavy atom. The number of sulfone groups is 1. The molecule has 23 heavy (non-hydrogen) atoms. The molecular formula is C16H18N2O4S. The molecule has 1 saturated carbocycles. The lowest BCUT2D eigenvalue weighted by Gasteiger charge is -2.08. The molecule has 0 bridgehead atoms. The summed E-state index contributed by atoms with van der Waals surface area (Å²) in [7, 11) is -2.95. The fourth-order valence-electron chi connectivity index (χ4n) is 3.03. The van der Waals surface area contributed by atoms with Gasteiger partial charge in [-0.2, -0.15) is 0 Å². The van der Waals surface area contributed by atoms with E-state index >= 15 is 0 Å². The molecule has 0 unspecified atom stereocenters. The quantitative estimate of drug-likeness (QED) is 0.928. The summed E-state index contributed by atoms with van der Waals surface area (Å²) in [4.78, 5) is 16.5. The van der Waals surface area contributed by atoms with Crippen LogP contribution in [0.5, 0.6) is 0 Å². The van der Waals surface area contributed by atoms with Gasteiger partial charge in [0.15, 0.2) is 21.3 Å². The second-order valence-electron chi connectivity index (χ2n) is 6.53. The Kier molecular flexibility index (Phi) is 3.41. The van der Waals surface area contributed by atoms with Crippen LogP contribution in [0, 0.1) is 5.92 Å². The van der Waals surface area contributed by atoms with Gasteiger partial charge in [-0.1, -0.05) is 0 Å². The van der Waals surface area contributed by atoms with Gasteiger partial charge in [0, 0.05) is 24.1 Å².